The van der Waals surface area contributed by atoms with Crippen molar-refractivity contribution >= 4 is 40.6 Å². The monoisotopic (exact) mass is 541 g/mol. The summed E-state index contributed by atoms with van der Waals surface area (Å²) in [4.78, 5) is 41.9. The number of ether oxygens (including phenoxy) is 2. The molecule has 4 rings (SSSR count). The van der Waals surface area contributed by atoms with Gasteiger partial charge in [-0.25, -0.2) is 4.79 Å². The lowest BCUT2D eigenvalue weighted by Gasteiger charge is -2.28. The fraction of sp³-hybridized carbons (Fsp3) is 0.269. The number of nitrogens with one attached hydrogen (secondary N) is 2. The van der Waals surface area contributed by atoms with Crippen LogP contribution in [0, 0.1) is 0 Å². The molecule has 0 radical (unpaired) electrons. The van der Waals surface area contributed by atoms with E-state index in [1.807, 2.05) is 35.0 Å². The van der Waals surface area contributed by atoms with E-state index in [0.29, 0.717) is 30.2 Å². The third-order valence-electron chi connectivity index (χ3n) is 5.65. The maximum absolute atomic E-state index is 13.6. The van der Waals surface area contributed by atoms with E-state index in [1.165, 1.54) is 0 Å². The van der Waals surface area contributed by atoms with E-state index in [2.05, 4.69) is 17.2 Å². The Morgan fingerprint density at radius 1 is 1.03 bits per heavy atom. The normalized spacial score (nSPS) is 13.4. The van der Waals surface area contributed by atoms with Crippen molar-refractivity contribution in [3.05, 3.63) is 81.2 Å². The highest BCUT2D eigenvalue weighted by molar-refractivity contribution is 7.10. The molecule has 1 aliphatic rings. The summed E-state index contributed by atoms with van der Waals surface area (Å²) in [6.07, 6.45) is 1.44. The summed E-state index contributed by atoms with van der Waals surface area (Å²) in [5.74, 6) is -0.308. The van der Waals surface area contributed by atoms with Crippen LogP contribution in [-0.4, -0.2) is 40.7 Å². The predicted octanol–water partition coefficient (Wildman–Crippen LogP) is 4.53. The Morgan fingerprint density at radius 2 is 1.70 bits per heavy atom. The number of urea groups is 1. The van der Waals surface area contributed by atoms with Crippen LogP contribution in [0.15, 0.2) is 65.9 Å². The van der Waals surface area contributed by atoms with Gasteiger partial charge in [0.15, 0.2) is 11.5 Å². The number of carboxylic acid groups (broad SMARTS) is 1. The minimum atomic E-state index is -1.08. The van der Waals surface area contributed by atoms with Crippen molar-refractivity contribution in [1.29, 1.82) is 0 Å². The molecule has 3 N–H and O–H groups in total. The van der Waals surface area contributed by atoms with Gasteiger partial charge in [0.1, 0.15) is 6.04 Å². The van der Waals surface area contributed by atoms with E-state index in [9.17, 15) is 19.5 Å². The predicted molar refractivity (Wildman–Crippen MR) is 141 cm³/mol. The first kappa shape index (κ1) is 26.2. The molecule has 2 aromatic heterocycles. The smallest absolute Gasteiger partial charge is 0.315 e. The Balaban J connectivity index is 1.48. The molecule has 0 spiro atoms. The highest BCUT2D eigenvalue weighted by Crippen LogP contribution is 2.34. The minimum absolute atomic E-state index is 0.0785. The SMILES string of the molecule is C=CCC(NC(=O)N[C@@H](CC(=O)O)c1ccc2c(c1)OCO2)C(=O)N(Cc1cccs1)Cc1cccs1. The molecule has 3 amide bonds. The Kier molecular flexibility index (Phi) is 8.81. The summed E-state index contributed by atoms with van der Waals surface area (Å²) in [5, 5.41) is 18.8. The third-order valence-corrected chi connectivity index (χ3v) is 7.38. The molecule has 0 aliphatic carbocycles. The van der Waals surface area contributed by atoms with Gasteiger partial charge in [-0.2, -0.15) is 0 Å². The molecular weight excluding hydrogens is 514 g/mol. The van der Waals surface area contributed by atoms with Gasteiger partial charge in [-0.3, -0.25) is 9.59 Å². The van der Waals surface area contributed by atoms with Gasteiger partial charge in [0, 0.05) is 9.75 Å². The third kappa shape index (κ3) is 7.11. The van der Waals surface area contributed by atoms with Crippen molar-refractivity contribution in [2.24, 2.45) is 0 Å². The van der Waals surface area contributed by atoms with Crippen LogP contribution in [0.2, 0.25) is 0 Å². The van der Waals surface area contributed by atoms with E-state index >= 15 is 0 Å². The van der Waals surface area contributed by atoms with Crippen LogP contribution in [0.1, 0.15) is 34.2 Å². The first-order valence-electron chi connectivity index (χ1n) is 11.6. The number of thiophene rings is 2. The molecule has 0 saturated carbocycles. The molecule has 3 heterocycles. The van der Waals surface area contributed by atoms with Crippen molar-refractivity contribution in [2.75, 3.05) is 6.79 Å². The van der Waals surface area contributed by atoms with Crippen LogP contribution in [0.5, 0.6) is 11.5 Å². The molecule has 0 fully saturated rings. The molecule has 37 heavy (non-hydrogen) atoms. The summed E-state index contributed by atoms with van der Waals surface area (Å²) >= 11 is 3.11. The fourth-order valence-electron chi connectivity index (χ4n) is 3.92. The quantitative estimate of drug-likeness (QED) is 0.290. The number of benzene rings is 1. The van der Waals surface area contributed by atoms with Crippen LogP contribution >= 0.6 is 22.7 Å². The van der Waals surface area contributed by atoms with Crippen molar-refractivity contribution in [3.8, 4) is 11.5 Å². The molecule has 194 valence electrons. The van der Waals surface area contributed by atoms with Crippen LogP contribution in [0.4, 0.5) is 4.79 Å². The Bertz CT molecular complexity index is 1190. The largest absolute Gasteiger partial charge is 0.481 e. The zero-order valence-electron chi connectivity index (χ0n) is 19.9. The summed E-state index contributed by atoms with van der Waals surface area (Å²) in [6, 6.07) is 10.4. The average Bonchev–Trinajstić information content (AvgIpc) is 3.65. The maximum atomic E-state index is 13.6. The standard InChI is InChI=1S/C26H27N3O6S2/c1-2-5-20(25(32)29(14-18-6-3-10-36-18)15-19-7-4-11-37-19)27-26(33)28-21(13-24(30)31)17-8-9-22-23(12-17)35-16-34-22/h2-4,6-12,20-21H,1,5,13-16H2,(H,30,31)(H2,27,28,33)/t20?,21-/m0/s1. The summed E-state index contributed by atoms with van der Waals surface area (Å²) in [5.41, 5.74) is 0.547. The molecule has 9 nitrogen and oxygen atoms in total. The fourth-order valence-corrected chi connectivity index (χ4v) is 5.36. The van der Waals surface area contributed by atoms with Crippen LogP contribution in [-0.2, 0) is 22.7 Å². The zero-order chi connectivity index (χ0) is 26.2. The number of carbonyl (C=O) groups is 3. The van der Waals surface area contributed by atoms with Crippen LogP contribution in [0.25, 0.3) is 0 Å². The van der Waals surface area contributed by atoms with E-state index in [0.717, 1.165) is 9.75 Å². The lowest BCUT2D eigenvalue weighted by atomic mass is 10.0. The van der Waals surface area contributed by atoms with Crippen molar-refractivity contribution in [3.63, 3.8) is 0 Å². The highest BCUT2D eigenvalue weighted by atomic mass is 32.1. The van der Waals surface area contributed by atoms with Gasteiger partial charge in [-0.1, -0.05) is 24.3 Å². The molecular formula is C26H27N3O6S2. The second kappa shape index (κ2) is 12.4. The lowest BCUT2D eigenvalue weighted by Crippen LogP contribution is -2.51. The summed E-state index contributed by atoms with van der Waals surface area (Å²) < 4.78 is 10.7. The van der Waals surface area contributed by atoms with E-state index in [4.69, 9.17) is 9.47 Å². The van der Waals surface area contributed by atoms with Gasteiger partial charge >= 0.3 is 12.0 Å². The molecule has 0 bridgehead atoms. The van der Waals surface area contributed by atoms with Crippen LogP contribution in [0.3, 0.4) is 0 Å². The van der Waals surface area contributed by atoms with Gasteiger partial charge in [0.05, 0.1) is 25.6 Å². The lowest BCUT2D eigenvalue weighted by molar-refractivity contribution is -0.137. The van der Waals surface area contributed by atoms with Gasteiger partial charge in [0.2, 0.25) is 12.7 Å². The topological polar surface area (TPSA) is 117 Å². The van der Waals surface area contributed by atoms with E-state index < -0.39 is 24.1 Å². The first-order chi connectivity index (χ1) is 17.9. The minimum Gasteiger partial charge on any atom is -0.481 e. The van der Waals surface area contributed by atoms with E-state index in [1.54, 1.807) is 51.8 Å². The molecule has 11 heteroatoms. The van der Waals surface area contributed by atoms with Crippen molar-refractivity contribution in [1.82, 2.24) is 15.5 Å². The van der Waals surface area contributed by atoms with Gasteiger partial charge in [-0.05, 0) is 47.0 Å². The summed E-state index contributed by atoms with van der Waals surface area (Å²) in [6.45, 7) is 4.63. The van der Waals surface area contributed by atoms with Gasteiger partial charge in [-0.15, -0.1) is 29.3 Å². The molecule has 1 unspecified atom stereocenters. The Morgan fingerprint density at radius 3 is 2.30 bits per heavy atom. The van der Waals surface area contributed by atoms with Crippen LogP contribution < -0.4 is 20.1 Å². The number of hydrogen-bond acceptors (Lipinski definition) is 7. The second-order valence-corrected chi connectivity index (χ2v) is 10.4. The summed E-state index contributed by atoms with van der Waals surface area (Å²) in [7, 11) is 0. The number of carboxylic acids is 1. The number of fused-ring (bicyclic) bond motifs is 1. The maximum Gasteiger partial charge on any atom is 0.315 e. The number of nitrogens with zero attached hydrogens (tertiary/aromatic N) is 1. The van der Waals surface area contributed by atoms with Gasteiger partial charge < -0.3 is 30.1 Å². The molecule has 1 aromatic carbocycles. The molecule has 2 atom stereocenters. The number of hydrogen-bond donors (Lipinski definition) is 3. The number of amides is 3. The number of carbonyl (C=O) groups excluding carboxylic acids is 2. The zero-order valence-corrected chi connectivity index (χ0v) is 21.6. The first-order valence-corrected chi connectivity index (χ1v) is 13.3. The second-order valence-electron chi connectivity index (χ2n) is 8.31. The Hall–Kier alpha value is -3.83. The molecule has 0 saturated heterocycles. The van der Waals surface area contributed by atoms with Crippen molar-refractivity contribution < 1.29 is 29.0 Å². The number of rotatable bonds is 12. The van der Waals surface area contributed by atoms with Crippen molar-refractivity contribution in [2.45, 2.75) is 38.0 Å². The molecule has 3 aromatic rings. The average molecular weight is 542 g/mol. The van der Waals surface area contributed by atoms with E-state index in [-0.39, 0.29) is 25.5 Å². The molecule has 1 aliphatic heterocycles. The van der Waals surface area contributed by atoms with Gasteiger partial charge in [0.25, 0.3) is 0 Å². The number of aliphatic carboxylic acids is 1. The Labute approximate surface area is 222 Å². The highest BCUT2D eigenvalue weighted by Gasteiger charge is 2.28.